The van der Waals surface area contributed by atoms with E-state index in [1.807, 2.05) is 12.3 Å². The van der Waals surface area contributed by atoms with Crippen LogP contribution in [0, 0.1) is 0 Å². The van der Waals surface area contributed by atoms with Crippen molar-refractivity contribution in [3.8, 4) is 11.4 Å². The van der Waals surface area contributed by atoms with Gasteiger partial charge in [0.25, 0.3) is 0 Å². The summed E-state index contributed by atoms with van der Waals surface area (Å²) in [5.74, 6) is 0.846. The molecule has 0 N–H and O–H groups in total. The highest BCUT2D eigenvalue weighted by Gasteiger charge is 2.42. The summed E-state index contributed by atoms with van der Waals surface area (Å²) in [7, 11) is -2.99. The van der Waals surface area contributed by atoms with Gasteiger partial charge in [0.05, 0.1) is 33.1 Å². The van der Waals surface area contributed by atoms with Gasteiger partial charge < -0.3 is 0 Å². The standard InChI is InChI=1S/C50H34N6Si/c1-3-19-38(20-4-1)57(39-21-5-2-6-22-39,40-23-13-17-36(33-40)53-43-26-9-11-28-45(43)55-42-25-8-7-16-35(42)32-48(53)55)41-24-14-18-37(34-41)54-44-27-10-12-29-46(44)56-47-30-15-31-51-49(47)52-50(54)56/h1-34H. The second-order valence-corrected chi connectivity index (χ2v) is 18.5. The Labute approximate surface area is 328 Å². The molecule has 57 heavy (non-hydrogen) atoms. The SMILES string of the molecule is c1ccc([Si](c2ccccc2)(c2cccc(-n3c4ccccc4n4c5ccccc5cc34)c2)c2cccc(-n3c4ccccc4n4c5cccnc5nc34)c2)cc1. The summed E-state index contributed by atoms with van der Waals surface area (Å²) in [5.41, 5.74) is 10.8. The van der Waals surface area contributed by atoms with Crippen molar-refractivity contribution in [2.75, 3.05) is 0 Å². The molecule has 0 fully saturated rings. The molecule has 5 aromatic heterocycles. The van der Waals surface area contributed by atoms with Crippen LogP contribution in [0.5, 0.6) is 0 Å². The van der Waals surface area contributed by atoms with Crippen molar-refractivity contribution < 1.29 is 0 Å². The van der Waals surface area contributed by atoms with Gasteiger partial charge in [-0.2, -0.15) is 4.98 Å². The Morgan fingerprint density at radius 1 is 0.368 bits per heavy atom. The minimum Gasteiger partial charge on any atom is -0.294 e. The van der Waals surface area contributed by atoms with Crippen molar-refractivity contribution in [1.29, 1.82) is 0 Å². The van der Waals surface area contributed by atoms with E-state index in [9.17, 15) is 0 Å². The van der Waals surface area contributed by atoms with Gasteiger partial charge in [0, 0.05) is 23.0 Å². The van der Waals surface area contributed by atoms with E-state index in [4.69, 9.17) is 4.98 Å². The molecule has 6 nitrogen and oxygen atoms in total. The first kappa shape index (κ1) is 31.8. The van der Waals surface area contributed by atoms with Crippen LogP contribution in [-0.2, 0) is 0 Å². The number of nitrogens with zero attached hydrogens (tertiary/aromatic N) is 6. The van der Waals surface area contributed by atoms with Crippen molar-refractivity contribution in [2.24, 2.45) is 0 Å². The zero-order valence-electron chi connectivity index (χ0n) is 30.8. The highest BCUT2D eigenvalue weighted by molar-refractivity contribution is 7.20. The maximum atomic E-state index is 5.12. The van der Waals surface area contributed by atoms with Crippen LogP contribution in [0.1, 0.15) is 0 Å². The predicted molar refractivity (Wildman–Crippen MR) is 236 cm³/mol. The van der Waals surface area contributed by atoms with Crippen LogP contribution in [0.15, 0.2) is 206 Å². The van der Waals surface area contributed by atoms with Crippen molar-refractivity contribution >= 4 is 84.4 Å². The zero-order valence-corrected chi connectivity index (χ0v) is 31.8. The average Bonchev–Trinajstić information content (AvgIpc) is 4.01. The summed E-state index contributed by atoms with van der Waals surface area (Å²) >= 11 is 0. The van der Waals surface area contributed by atoms with E-state index in [0.717, 1.165) is 45.0 Å². The van der Waals surface area contributed by atoms with Crippen LogP contribution in [-0.4, -0.2) is 36.0 Å². The molecule has 0 aliphatic heterocycles. The van der Waals surface area contributed by atoms with E-state index in [1.165, 1.54) is 42.7 Å². The van der Waals surface area contributed by atoms with Gasteiger partial charge in [-0.15, -0.1) is 0 Å². The van der Waals surface area contributed by atoms with Gasteiger partial charge in [0.15, 0.2) is 13.7 Å². The Bertz CT molecular complexity index is 3250. The first-order valence-corrected chi connectivity index (χ1v) is 21.3. The van der Waals surface area contributed by atoms with Gasteiger partial charge in [-0.05, 0) is 93.5 Å². The van der Waals surface area contributed by atoms with Crippen molar-refractivity contribution in [2.45, 2.75) is 0 Å². The molecule has 0 saturated carbocycles. The van der Waals surface area contributed by atoms with Crippen LogP contribution in [0.4, 0.5) is 0 Å². The number of hydrogen-bond donors (Lipinski definition) is 0. The average molecular weight is 747 g/mol. The molecule has 0 aliphatic carbocycles. The Morgan fingerprint density at radius 3 is 1.54 bits per heavy atom. The smallest absolute Gasteiger partial charge is 0.222 e. The van der Waals surface area contributed by atoms with Gasteiger partial charge in [0.1, 0.15) is 5.65 Å². The molecule has 5 heterocycles. The fourth-order valence-electron chi connectivity index (χ4n) is 9.42. The Morgan fingerprint density at radius 2 is 0.877 bits per heavy atom. The Hall–Kier alpha value is -7.48. The highest BCUT2D eigenvalue weighted by atomic mass is 28.3. The lowest BCUT2D eigenvalue weighted by Crippen LogP contribution is -2.74. The molecule has 7 aromatic carbocycles. The maximum absolute atomic E-state index is 5.12. The van der Waals surface area contributed by atoms with Crippen LogP contribution < -0.4 is 20.7 Å². The zero-order chi connectivity index (χ0) is 37.5. The molecule has 12 rings (SSSR count). The molecule has 12 aromatic rings. The Balaban J connectivity index is 1.16. The van der Waals surface area contributed by atoms with Crippen molar-refractivity contribution in [3.05, 3.63) is 206 Å². The lowest BCUT2D eigenvalue weighted by Gasteiger charge is -2.35. The molecular weight excluding hydrogens is 713 g/mol. The third kappa shape index (κ3) is 4.51. The number of rotatable bonds is 6. The molecular formula is C50H34N6Si. The molecule has 268 valence electrons. The third-order valence-electron chi connectivity index (χ3n) is 11.7. The minimum atomic E-state index is -2.99. The van der Waals surface area contributed by atoms with Crippen LogP contribution in [0.2, 0.25) is 0 Å². The summed E-state index contributed by atoms with van der Waals surface area (Å²) in [6, 6.07) is 73.3. The number of fused-ring (bicyclic) bond motifs is 10. The highest BCUT2D eigenvalue weighted by Crippen LogP contribution is 2.32. The number of para-hydroxylation sites is 5. The van der Waals surface area contributed by atoms with E-state index in [2.05, 4.69) is 217 Å². The van der Waals surface area contributed by atoms with Crippen LogP contribution in [0.25, 0.3) is 66.9 Å². The molecule has 0 bridgehead atoms. The largest absolute Gasteiger partial charge is 0.294 e. The number of aromatic nitrogens is 6. The number of imidazole rings is 3. The summed E-state index contributed by atoms with van der Waals surface area (Å²) in [5, 5.41) is 6.46. The van der Waals surface area contributed by atoms with Gasteiger partial charge >= 0.3 is 0 Å². The molecule has 0 atom stereocenters. The topological polar surface area (TPSA) is 44.5 Å². The van der Waals surface area contributed by atoms with Gasteiger partial charge in [-0.3, -0.25) is 17.9 Å². The summed E-state index contributed by atoms with van der Waals surface area (Å²) in [4.78, 5) is 9.77. The van der Waals surface area contributed by atoms with E-state index < -0.39 is 8.07 Å². The van der Waals surface area contributed by atoms with Gasteiger partial charge in [0.2, 0.25) is 5.78 Å². The molecule has 0 radical (unpaired) electrons. The molecule has 0 unspecified atom stereocenters. The predicted octanol–water partition coefficient (Wildman–Crippen LogP) is 8.55. The van der Waals surface area contributed by atoms with Crippen LogP contribution in [0.3, 0.4) is 0 Å². The molecule has 7 heteroatoms. The number of benzene rings is 7. The molecule has 0 amide bonds. The monoisotopic (exact) mass is 746 g/mol. The summed E-state index contributed by atoms with van der Waals surface area (Å²) in [6.45, 7) is 0. The number of hydrogen-bond acceptors (Lipinski definition) is 2. The van der Waals surface area contributed by atoms with Crippen LogP contribution >= 0.6 is 0 Å². The third-order valence-corrected chi connectivity index (χ3v) is 16.5. The van der Waals surface area contributed by atoms with Crippen molar-refractivity contribution in [1.82, 2.24) is 27.9 Å². The second kappa shape index (κ2) is 12.3. The normalized spacial score (nSPS) is 12.2. The van der Waals surface area contributed by atoms with E-state index in [1.54, 1.807) is 0 Å². The summed E-state index contributed by atoms with van der Waals surface area (Å²) in [6.07, 6.45) is 1.82. The fourth-order valence-corrected chi connectivity index (χ4v) is 14.2. The second-order valence-electron chi connectivity index (χ2n) is 14.7. The number of pyridine rings is 1. The first-order valence-electron chi connectivity index (χ1n) is 19.3. The maximum Gasteiger partial charge on any atom is 0.222 e. The van der Waals surface area contributed by atoms with E-state index >= 15 is 0 Å². The quantitative estimate of drug-likeness (QED) is 0.127. The minimum absolute atomic E-state index is 0.736. The lowest BCUT2D eigenvalue weighted by atomic mass is 10.2. The van der Waals surface area contributed by atoms with Crippen molar-refractivity contribution in [3.63, 3.8) is 0 Å². The summed E-state index contributed by atoms with van der Waals surface area (Å²) < 4.78 is 9.37. The van der Waals surface area contributed by atoms with E-state index in [0.29, 0.717) is 0 Å². The van der Waals surface area contributed by atoms with Gasteiger partial charge in [-0.1, -0.05) is 127 Å². The lowest BCUT2D eigenvalue weighted by molar-refractivity contribution is 1.11. The molecule has 0 spiro atoms. The fraction of sp³-hybridized carbons (Fsp3) is 0. The molecule has 0 saturated heterocycles. The first-order chi connectivity index (χ1) is 28.3. The van der Waals surface area contributed by atoms with Gasteiger partial charge in [-0.25, -0.2) is 4.98 Å². The molecule has 0 aliphatic rings. The Kier molecular flexibility index (Phi) is 6.85. The van der Waals surface area contributed by atoms with E-state index in [-0.39, 0.29) is 0 Å².